The van der Waals surface area contributed by atoms with Crippen LogP contribution in [0.15, 0.2) is 23.0 Å². The first-order valence-electron chi connectivity index (χ1n) is 3.04. The Morgan fingerprint density at radius 3 is 3.10 bits per heavy atom. The molecular weight excluding hydrogens is 130 g/mol. The molecule has 0 radical (unpaired) electrons. The predicted molar refractivity (Wildman–Crippen MR) is 37.0 cm³/mol. The van der Waals surface area contributed by atoms with E-state index in [9.17, 15) is 4.79 Å². The molecule has 0 atom stereocenters. The Kier molecular flexibility index (Phi) is 2.23. The Labute approximate surface area is 59.0 Å². The van der Waals surface area contributed by atoms with Gasteiger partial charge < -0.3 is 9.73 Å². The molecule has 0 fully saturated rings. The highest BCUT2D eigenvalue weighted by atomic mass is 16.3. The molecule has 0 aliphatic rings. The number of carbonyl (C=O) groups excluding carboxylic acids is 1. The van der Waals surface area contributed by atoms with Crippen molar-refractivity contribution in [3.8, 4) is 0 Å². The summed E-state index contributed by atoms with van der Waals surface area (Å²) >= 11 is 0. The Morgan fingerprint density at radius 1 is 1.80 bits per heavy atom. The summed E-state index contributed by atoms with van der Waals surface area (Å²) in [6.45, 7) is 0.361. The molecule has 0 bridgehead atoms. The number of carbonyl (C=O) groups is 1. The van der Waals surface area contributed by atoms with Crippen LogP contribution in [0.2, 0.25) is 0 Å². The third kappa shape index (κ3) is 1.45. The quantitative estimate of drug-likeness (QED) is 0.626. The number of Topliss-reactive ketones (excluding diaryl/α,β-unsaturated/α-hetero) is 1. The maximum atomic E-state index is 11.0. The van der Waals surface area contributed by atoms with Gasteiger partial charge in [0.05, 0.1) is 18.4 Å². The predicted octanol–water partition coefficient (Wildman–Crippen LogP) is 0.682. The zero-order chi connectivity index (χ0) is 7.40. The van der Waals surface area contributed by atoms with Crippen LogP contribution < -0.4 is 5.32 Å². The van der Waals surface area contributed by atoms with Crippen molar-refractivity contribution >= 4 is 5.78 Å². The normalized spacial score (nSPS) is 9.70. The maximum Gasteiger partial charge on any atom is 0.179 e. The minimum Gasteiger partial charge on any atom is -0.472 e. The summed E-state index contributed by atoms with van der Waals surface area (Å²) in [5.74, 6) is 0.0521. The Hall–Kier alpha value is -1.09. The van der Waals surface area contributed by atoms with Crippen molar-refractivity contribution < 1.29 is 9.21 Å². The van der Waals surface area contributed by atoms with Gasteiger partial charge in [0.15, 0.2) is 5.78 Å². The number of furan rings is 1. The van der Waals surface area contributed by atoms with E-state index in [-0.39, 0.29) is 5.78 Å². The molecule has 0 spiro atoms. The van der Waals surface area contributed by atoms with Crippen molar-refractivity contribution in [1.29, 1.82) is 0 Å². The van der Waals surface area contributed by atoms with Crippen LogP contribution in [-0.4, -0.2) is 19.4 Å². The summed E-state index contributed by atoms with van der Waals surface area (Å²) in [4.78, 5) is 11.0. The van der Waals surface area contributed by atoms with E-state index < -0.39 is 0 Å². The highest BCUT2D eigenvalue weighted by Crippen LogP contribution is 1.99. The van der Waals surface area contributed by atoms with Crippen molar-refractivity contribution in [2.45, 2.75) is 0 Å². The minimum absolute atomic E-state index is 0.0521. The topological polar surface area (TPSA) is 42.2 Å². The first-order chi connectivity index (χ1) is 4.84. The van der Waals surface area contributed by atoms with Crippen LogP contribution in [0.25, 0.3) is 0 Å². The summed E-state index contributed by atoms with van der Waals surface area (Å²) in [6.07, 6.45) is 2.93. The molecule has 1 N–H and O–H groups in total. The van der Waals surface area contributed by atoms with Gasteiger partial charge in [-0.25, -0.2) is 0 Å². The molecule has 1 rings (SSSR count). The summed E-state index contributed by atoms with van der Waals surface area (Å²) < 4.78 is 4.73. The van der Waals surface area contributed by atoms with E-state index in [1.807, 2.05) is 0 Å². The smallest absolute Gasteiger partial charge is 0.179 e. The van der Waals surface area contributed by atoms with Crippen molar-refractivity contribution in [3.63, 3.8) is 0 Å². The van der Waals surface area contributed by atoms with Gasteiger partial charge in [-0.3, -0.25) is 4.79 Å². The SMILES string of the molecule is CNCC(=O)c1ccoc1. The average Bonchev–Trinajstić information content (AvgIpc) is 2.38. The number of nitrogens with one attached hydrogen (secondary N) is 1. The zero-order valence-electron chi connectivity index (χ0n) is 5.76. The Balaban J connectivity index is 2.59. The summed E-state index contributed by atoms with van der Waals surface area (Å²) in [5.41, 5.74) is 0.620. The molecule has 0 aliphatic carbocycles. The highest BCUT2D eigenvalue weighted by molar-refractivity contribution is 5.97. The molecule has 1 aromatic heterocycles. The summed E-state index contributed by atoms with van der Waals surface area (Å²) in [5, 5.41) is 2.76. The van der Waals surface area contributed by atoms with Gasteiger partial charge >= 0.3 is 0 Å². The minimum atomic E-state index is 0.0521. The molecular formula is C7H9NO2. The lowest BCUT2D eigenvalue weighted by atomic mass is 10.2. The molecule has 10 heavy (non-hydrogen) atoms. The van der Waals surface area contributed by atoms with E-state index in [1.165, 1.54) is 12.5 Å². The van der Waals surface area contributed by atoms with E-state index in [1.54, 1.807) is 13.1 Å². The lowest BCUT2D eigenvalue weighted by Gasteiger charge is -1.92. The number of rotatable bonds is 3. The fourth-order valence-corrected chi connectivity index (χ4v) is 0.686. The second-order valence-corrected chi connectivity index (χ2v) is 1.97. The molecule has 0 saturated carbocycles. The van der Waals surface area contributed by atoms with E-state index in [4.69, 9.17) is 4.42 Å². The van der Waals surface area contributed by atoms with Crippen LogP contribution in [0.3, 0.4) is 0 Å². The van der Waals surface area contributed by atoms with Gasteiger partial charge in [-0.1, -0.05) is 0 Å². The van der Waals surface area contributed by atoms with Crippen molar-refractivity contribution in [3.05, 3.63) is 24.2 Å². The highest BCUT2D eigenvalue weighted by Gasteiger charge is 2.03. The van der Waals surface area contributed by atoms with Crippen molar-refractivity contribution in [2.75, 3.05) is 13.6 Å². The van der Waals surface area contributed by atoms with Crippen molar-refractivity contribution in [1.82, 2.24) is 5.32 Å². The first-order valence-corrected chi connectivity index (χ1v) is 3.04. The summed E-state index contributed by atoms with van der Waals surface area (Å²) in [6, 6.07) is 1.65. The molecule has 0 aromatic carbocycles. The van der Waals surface area contributed by atoms with Gasteiger partial charge in [-0.15, -0.1) is 0 Å². The lowest BCUT2D eigenvalue weighted by molar-refractivity contribution is 0.0993. The molecule has 0 amide bonds. The summed E-state index contributed by atoms with van der Waals surface area (Å²) in [7, 11) is 1.73. The molecule has 54 valence electrons. The van der Waals surface area contributed by atoms with E-state index in [0.29, 0.717) is 12.1 Å². The van der Waals surface area contributed by atoms with E-state index >= 15 is 0 Å². The van der Waals surface area contributed by atoms with Crippen molar-refractivity contribution in [2.24, 2.45) is 0 Å². The molecule has 1 heterocycles. The van der Waals surface area contributed by atoms with Gasteiger partial charge in [-0.05, 0) is 13.1 Å². The second-order valence-electron chi connectivity index (χ2n) is 1.97. The van der Waals surface area contributed by atoms with Gasteiger partial charge in [0.25, 0.3) is 0 Å². The van der Waals surface area contributed by atoms with Gasteiger partial charge in [0.2, 0.25) is 0 Å². The fraction of sp³-hybridized carbons (Fsp3) is 0.286. The third-order valence-corrected chi connectivity index (χ3v) is 1.18. The van der Waals surface area contributed by atoms with E-state index in [0.717, 1.165) is 0 Å². The molecule has 1 aromatic rings. The molecule has 3 heteroatoms. The van der Waals surface area contributed by atoms with Crippen LogP contribution in [-0.2, 0) is 0 Å². The molecule has 0 saturated heterocycles. The number of ketones is 1. The van der Waals surface area contributed by atoms with Crippen LogP contribution in [0, 0.1) is 0 Å². The Bertz CT molecular complexity index is 203. The maximum absolute atomic E-state index is 11.0. The first kappa shape index (κ1) is 7.02. The lowest BCUT2D eigenvalue weighted by Crippen LogP contribution is -2.17. The number of hydrogen-bond acceptors (Lipinski definition) is 3. The second kappa shape index (κ2) is 3.17. The number of hydrogen-bond donors (Lipinski definition) is 1. The molecule has 3 nitrogen and oxygen atoms in total. The Morgan fingerprint density at radius 2 is 2.60 bits per heavy atom. The average molecular weight is 139 g/mol. The standard InChI is InChI=1S/C7H9NO2/c1-8-4-7(9)6-2-3-10-5-6/h2-3,5,8H,4H2,1H3. The molecule has 0 aliphatic heterocycles. The number of likely N-dealkylation sites (N-methyl/N-ethyl adjacent to an activating group) is 1. The van der Waals surface area contributed by atoms with Crippen LogP contribution in [0.1, 0.15) is 10.4 Å². The van der Waals surface area contributed by atoms with Crippen LogP contribution in [0.4, 0.5) is 0 Å². The largest absolute Gasteiger partial charge is 0.472 e. The van der Waals surface area contributed by atoms with Crippen LogP contribution in [0.5, 0.6) is 0 Å². The van der Waals surface area contributed by atoms with E-state index in [2.05, 4.69) is 5.32 Å². The third-order valence-electron chi connectivity index (χ3n) is 1.18. The molecule has 0 unspecified atom stereocenters. The van der Waals surface area contributed by atoms with Crippen LogP contribution >= 0.6 is 0 Å². The van der Waals surface area contributed by atoms with Gasteiger partial charge in [0.1, 0.15) is 6.26 Å². The van der Waals surface area contributed by atoms with Gasteiger partial charge in [-0.2, -0.15) is 0 Å². The zero-order valence-corrected chi connectivity index (χ0v) is 5.76. The monoisotopic (exact) mass is 139 g/mol. The fourth-order valence-electron chi connectivity index (χ4n) is 0.686. The van der Waals surface area contributed by atoms with Gasteiger partial charge in [0, 0.05) is 0 Å².